The highest BCUT2D eigenvalue weighted by Gasteiger charge is 2.26. The Hall–Kier alpha value is -1.10. The molecule has 0 aromatic heterocycles. The molecule has 5 nitrogen and oxygen atoms in total. The van der Waals surface area contributed by atoms with Gasteiger partial charge < -0.3 is 16.0 Å². The average Bonchev–Trinajstić information content (AvgIpc) is 2.01. The predicted molar refractivity (Wildman–Crippen MR) is 58.7 cm³/mol. The van der Waals surface area contributed by atoms with Crippen LogP contribution in [0.2, 0.25) is 0 Å². The van der Waals surface area contributed by atoms with Crippen molar-refractivity contribution < 1.29 is 0 Å². The number of aliphatic imine (C=N–C) groups is 1. The van der Waals surface area contributed by atoms with E-state index in [9.17, 15) is 0 Å². The van der Waals surface area contributed by atoms with Crippen LogP contribution in [0.25, 0.3) is 0 Å². The number of amidine groups is 1. The molecule has 1 fully saturated rings. The molecule has 1 saturated heterocycles. The van der Waals surface area contributed by atoms with Gasteiger partial charge in [-0.25, -0.2) is 4.99 Å². The van der Waals surface area contributed by atoms with Crippen LogP contribution in [0.4, 0.5) is 0 Å². The second kappa shape index (κ2) is 4.41. The molecule has 5 heteroatoms. The van der Waals surface area contributed by atoms with E-state index < -0.39 is 0 Å². The van der Waals surface area contributed by atoms with E-state index in [-0.39, 0.29) is 5.96 Å². The molecule has 4 N–H and O–H groups in total. The lowest BCUT2D eigenvalue weighted by Gasteiger charge is -2.39. The van der Waals surface area contributed by atoms with Crippen molar-refractivity contribution in [3.05, 3.63) is 0 Å². The molecule has 0 aliphatic carbocycles. The molecule has 1 aliphatic rings. The molecule has 0 aromatic rings. The molecular formula is C9H19N5. The molecule has 0 saturated carbocycles. The van der Waals surface area contributed by atoms with Crippen molar-refractivity contribution in [1.29, 1.82) is 5.41 Å². The van der Waals surface area contributed by atoms with E-state index in [0.29, 0.717) is 17.9 Å². The van der Waals surface area contributed by atoms with E-state index in [2.05, 4.69) is 24.2 Å². The monoisotopic (exact) mass is 197 g/mol. The first-order valence-electron chi connectivity index (χ1n) is 4.90. The number of nitrogens with two attached hydrogens (primary N) is 1. The zero-order valence-corrected chi connectivity index (χ0v) is 9.04. The quantitative estimate of drug-likeness (QED) is 0.377. The molecule has 0 bridgehead atoms. The lowest BCUT2D eigenvalue weighted by Crippen LogP contribution is -2.56. The van der Waals surface area contributed by atoms with E-state index >= 15 is 0 Å². The minimum absolute atomic E-state index is 0.270. The Morgan fingerprint density at radius 2 is 1.93 bits per heavy atom. The van der Waals surface area contributed by atoms with Gasteiger partial charge in [0.15, 0.2) is 0 Å². The van der Waals surface area contributed by atoms with Crippen LogP contribution < -0.4 is 11.1 Å². The summed E-state index contributed by atoms with van der Waals surface area (Å²) in [5.41, 5.74) is 5.46. The van der Waals surface area contributed by atoms with Crippen LogP contribution in [0, 0.1) is 5.41 Å². The maximum absolute atomic E-state index is 7.80. The molecule has 0 aromatic carbocycles. The molecule has 0 spiro atoms. The summed E-state index contributed by atoms with van der Waals surface area (Å²) in [5, 5.41) is 11.1. The molecule has 0 amide bonds. The molecule has 0 radical (unpaired) electrons. The van der Waals surface area contributed by atoms with Crippen LogP contribution in [-0.2, 0) is 0 Å². The van der Waals surface area contributed by atoms with Crippen molar-refractivity contribution in [2.45, 2.75) is 32.9 Å². The predicted octanol–water partition coefficient (Wildman–Crippen LogP) is -0.0195. The van der Waals surface area contributed by atoms with Crippen molar-refractivity contribution in [2.75, 3.05) is 13.1 Å². The van der Waals surface area contributed by atoms with Gasteiger partial charge in [0.2, 0.25) is 5.96 Å². The van der Waals surface area contributed by atoms with Gasteiger partial charge in [-0.2, -0.15) is 0 Å². The van der Waals surface area contributed by atoms with E-state index in [1.165, 1.54) is 0 Å². The minimum atomic E-state index is 0.270. The van der Waals surface area contributed by atoms with E-state index in [0.717, 1.165) is 13.1 Å². The van der Waals surface area contributed by atoms with Crippen molar-refractivity contribution in [3.8, 4) is 0 Å². The van der Waals surface area contributed by atoms with Gasteiger partial charge in [0.1, 0.15) is 0 Å². The van der Waals surface area contributed by atoms with Gasteiger partial charge in [0, 0.05) is 25.2 Å². The fourth-order valence-electron chi connectivity index (χ4n) is 1.77. The van der Waals surface area contributed by atoms with Crippen molar-refractivity contribution in [2.24, 2.45) is 10.7 Å². The first kappa shape index (κ1) is 11.0. The van der Waals surface area contributed by atoms with E-state index in [4.69, 9.17) is 11.1 Å². The van der Waals surface area contributed by atoms with Crippen LogP contribution >= 0.6 is 0 Å². The Morgan fingerprint density at radius 1 is 1.43 bits per heavy atom. The third kappa shape index (κ3) is 2.45. The summed E-state index contributed by atoms with van der Waals surface area (Å²) in [6.45, 7) is 7.65. The summed E-state index contributed by atoms with van der Waals surface area (Å²) < 4.78 is 0. The molecule has 1 rings (SSSR count). The van der Waals surface area contributed by atoms with Crippen LogP contribution in [0.3, 0.4) is 0 Å². The summed E-state index contributed by atoms with van der Waals surface area (Å²) in [7, 11) is 0. The van der Waals surface area contributed by atoms with E-state index in [1.54, 1.807) is 6.92 Å². The zero-order valence-electron chi connectivity index (χ0n) is 9.04. The molecule has 0 unspecified atom stereocenters. The highest BCUT2D eigenvalue weighted by molar-refractivity contribution is 5.92. The Morgan fingerprint density at radius 3 is 2.36 bits per heavy atom. The highest BCUT2D eigenvalue weighted by Crippen LogP contribution is 2.10. The zero-order chi connectivity index (χ0) is 10.7. The van der Waals surface area contributed by atoms with Gasteiger partial charge in [-0.1, -0.05) is 0 Å². The molecular weight excluding hydrogens is 178 g/mol. The summed E-state index contributed by atoms with van der Waals surface area (Å²) in [4.78, 5) is 5.97. The Kier molecular flexibility index (Phi) is 3.46. The molecule has 1 heterocycles. The number of nitrogens with one attached hydrogen (secondary N) is 2. The topological polar surface area (TPSA) is 77.5 Å². The second-order valence-electron chi connectivity index (χ2n) is 3.84. The Labute approximate surface area is 84.9 Å². The van der Waals surface area contributed by atoms with Crippen LogP contribution in [0.5, 0.6) is 0 Å². The third-order valence-corrected chi connectivity index (χ3v) is 2.36. The van der Waals surface area contributed by atoms with Gasteiger partial charge in [0.05, 0.1) is 5.84 Å². The molecule has 2 atom stereocenters. The number of piperazine rings is 1. The summed E-state index contributed by atoms with van der Waals surface area (Å²) in [5.74, 6) is 0.708. The van der Waals surface area contributed by atoms with Crippen molar-refractivity contribution in [1.82, 2.24) is 10.2 Å². The summed E-state index contributed by atoms with van der Waals surface area (Å²) >= 11 is 0. The SMILES string of the molecule is C/C(N)=N/C(=N)N1[C@H](C)CNC[C@@H]1C. The standard InChI is InChI=1S/C9H19N5/c1-6-4-12-5-7(2)14(6)9(11)13-8(3)10/h6-7,12H,4-5H2,1-3H3,(H3,10,11,13)/t6-,7+. The van der Waals surface area contributed by atoms with Gasteiger partial charge >= 0.3 is 0 Å². The molecule has 80 valence electrons. The van der Waals surface area contributed by atoms with Crippen molar-refractivity contribution >= 4 is 11.8 Å². The van der Waals surface area contributed by atoms with Gasteiger partial charge in [-0.05, 0) is 20.8 Å². The first-order valence-corrected chi connectivity index (χ1v) is 4.90. The summed E-state index contributed by atoms with van der Waals surface area (Å²) in [6, 6.07) is 0.601. The number of hydrogen-bond acceptors (Lipinski definition) is 2. The normalized spacial score (nSPS) is 29.1. The largest absolute Gasteiger partial charge is 0.387 e. The Balaban J connectivity index is 2.72. The first-order chi connectivity index (χ1) is 6.52. The van der Waals surface area contributed by atoms with Crippen LogP contribution in [-0.4, -0.2) is 41.9 Å². The van der Waals surface area contributed by atoms with Crippen LogP contribution in [0.15, 0.2) is 4.99 Å². The third-order valence-electron chi connectivity index (χ3n) is 2.36. The van der Waals surface area contributed by atoms with Gasteiger partial charge in [0.25, 0.3) is 0 Å². The van der Waals surface area contributed by atoms with E-state index in [1.807, 2.05) is 4.90 Å². The lowest BCUT2D eigenvalue weighted by atomic mass is 10.1. The Bertz CT molecular complexity index is 234. The van der Waals surface area contributed by atoms with Gasteiger partial charge in [-0.15, -0.1) is 0 Å². The van der Waals surface area contributed by atoms with Crippen molar-refractivity contribution in [3.63, 3.8) is 0 Å². The number of nitrogens with zero attached hydrogens (tertiary/aromatic N) is 2. The lowest BCUT2D eigenvalue weighted by molar-refractivity contribution is 0.204. The average molecular weight is 197 g/mol. The molecule has 14 heavy (non-hydrogen) atoms. The highest BCUT2D eigenvalue weighted by atomic mass is 15.3. The number of guanidine groups is 1. The number of hydrogen-bond donors (Lipinski definition) is 3. The molecule has 1 aliphatic heterocycles. The maximum Gasteiger partial charge on any atom is 0.220 e. The van der Waals surface area contributed by atoms with Crippen LogP contribution in [0.1, 0.15) is 20.8 Å². The smallest absolute Gasteiger partial charge is 0.220 e. The fourth-order valence-corrected chi connectivity index (χ4v) is 1.77. The number of rotatable bonds is 0. The minimum Gasteiger partial charge on any atom is -0.387 e. The second-order valence-corrected chi connectivity index (χ2v) is 3.84. The van der Waals surface area contributed by atoms with Gasteiger partial charge in [-0.3, -0.25) is 5.41 Å². The fraction of sp³-hybridized carbons (Fsp3) is 0.778. The summed E-state index contributed by atoms with van der Waals surface area (Å²) in [6.07, 6.45) is 0. The maximum atomic E-state index is 7.80.